The molecule has 3 aromatic rings. The Bertz CT molecular complexity index is 891. The second-order valence-electron chi connectivity index (χ2n) is 6.11. The first-order valence-electron chi connectivity index (χ1n) is 8.50. The van der Waals surface area contributed by atoms with Crippen molar-refractivity contribution in [1.82, 2.24) is 0 Å². The van der Waals surface area contributed by atoms with Gasteiger partial charge < -0.3 is 10.1 Å². The average Bonchev–Trinajstić information content (AvgIpc) is 2.70. The van der Waals surface area contributed by atoms with Crippen LogP contribution in [0.15, 0.2) is 81.7 Å². The van der Waals surface area contributed by atoms with Crippen LogP contribution in [0.3, 0.4) is 0 Å². The Labute approximate surface area is 176 Å². The Hall–Kier alpha value is -2.11. The van der Waals surface area contributed by atoms with Gasteiger partial charge in [-0.05, 0) is 66.2 Å². The van der Waals surface area contributed by atoms with Crippen molar-refractivity contribution in [1.29, 1.82) is 0 Å². The fourth-order valence-electron chi connectivity index (χ4n) is 2.77. The molecule has 0 aromatic heterocycles. The van der Waals surface area contributed by atoms with E-state index in [1.165, 1.54) is 0 Å². The second-order valence-corrected chi connectivity index (χ2v) is 7.94. The molecule has 0 aliphatic carbocycles. The van der Waals surface area contributed by atoms with E-state index in [9.17, 15) is 4.79 Å². The minimum absolute atomic E-state index is 0.0789. The largest absolute Gasteiger partial charge is 0.497 e. The van der Waals surface area contributed by atoms with Gasteiger partial charge in [-0.1, -0.05) is 44.0 Å². The molecule has 0 aliphatic rings. The van der Waals surface area contributed by atoms with Gasteiger partial charge >= 0.3 is 0 Å². The zero-order valence-corrected chi connectivity index (χ0v) is 18.0. The maximum atomic E-state index is 12.8. The third-order valence-corrected chi connectivity index (χ3v) is 5.32. The normalized spacial score (nSPS) is 11.7. The molecule has 0 amide bonds. The number of methoxy groups -OCH3 is 1. The lowest BCUT2D eigenvalue weighted by atomic mass is 9.97. The highest BCUT2D eigenvalue weighted by Crippen LogP contribution is 2.27. The van der Waals surface area contributed by atoms with Crippen molar-refractivity contribution < 1.29 is 9.53 Å². The number of anilines is 1. The van der Waals surface area contributed by atoms with E-state index in [0.29, 0.717) is 12.0 Å². The third kappa shape index (κ3) is 5.44. The smallest absolute Gasteiger partial charge is 0.165 e. The summed E-state index contributed by atoms with van der Waals surface area (Å²) in [6, 6.07) is 23.1. The van der Waals surface area contributed by atoms with Crippen LogP contribution < -0.4 is 10.1 Å². The van der Waals surface area contributed by atoms with Gasteiger partial charge in [0.05, 0.1) is 13.2 Å². The van der Waals surface area contributed by atoms with E-state index in [0.717, 1.165) is 25.9 Å². The van der Waals surface area contributed by atoms with Crippen LogP contribution in [0.1, 0.15) is 28.4 Å². The highest BCUT2D eigenvalue weighted by molar-refractivity contribution is 9.10. The first-order chi connectivity index (χ1) is 13.0. The number of nitrogens with one attached hydrogen (secondary N) is 1. The number of halogens is 2. The zero-order valence-electron chi connectivity index (χ0n) is 14.8. The van der Waals surface area contributed by atoms with Crippen LogP contribution in [0.25, 0.3) is 0 Å². The molecule has 3 nitrogen and oxygen atoms in total. The third-order valence-electron chi connectivity index (χ3n) is 4.26. The van der Waals surface area contributed by atoms with Gasteiger partial charge in [-0.2, -0.15) is 0 Å². The van der Waals surface area contributed by atoms with E-state index in [1.54, 1.807) is 19.2 Å². The molecule has 0 bridgehead atoms. The number of Topliss-reactive ketones (excluding diaryl/α,β-unsaturated/α-hetero) is 1. The van der Waals surface area contributed by atoms with Crippen molar-refractivity contribution >= 4 is 43.3 Å². The van der Waals surface area contributed by atoms with Gasteiger partial charge in [0.25, 0.3) is 0 Å². The first kappa shape index (κ1) is 19.6. The molecule has 0 heterocycles. The van der Waals surface area contributed by atoms with Crippen LogP contribution in [0.5, 0.6) is 5.75 Å². The molecule has 0 radical (unpaired) electrons. The summed E-state index contributed by atoms with van der Waals surface area (Å²) in [5.74, 6) is 0.819. The predicted molar refractivity (Wildman–Crippen MR) is 117 cm³/mol. The molecule has 3 rings (SSSR count). The van der Waals surface area contributed by atoms with Crippen molar-refractivity contribution in [3.8, 4) is 5.75 Å². The summed E-state index contributed by atoms with van der Waals surface area (Å²) in [4.78, 5) is 12.8. The fraction of sp³-hybridized carbons (Fsp3) is 0.136. The van der Waals surface area contributed by atoms with Crippen LogP contribution in [0.4, 0.5) is 5.69 Å². The van der Waals surface area contributed by atoms with Gasteiger partial charge in [0.15, 0.2) is 5.78 Å². The lowest BCUT2D eigenvalue weighted by Crippen LogP contribution is -2.15. The SMILES string of the molecule is COc1ccc(C(=O)C[C@@H](Nc2ccc(Br)cc2)c2ccc(Br)cc2)cc1. The Morgan fingerprint density at radius 3 is 2.00 bits per heavy atom. The Balaban J connectivity index is 1.82. The Morgan fingerprint density at radius 2 is 1.44 bits per heavy atom. The van der Waals surface area contributed by atoms with E-state index in [4.69, 9.17) is 4.74 Å². The lowest BCUT2D eigenvalue weighted by Gasteiger charge is -2.20. The van der Waals surface area contributed by atoms with Crippen LogP contribution in [-0.2, 0) is 0 Å². The average molecular weight is 489 g/mol. The fourth-order valence-corrected chi connectivity index (χ4v) is 3.30. The summed E-state index contributed by atoms with van der Waals surface area (Å²) < 4.78 is 7.19. The van der Waals surface area contributed by atoms with E-state index >= 15 is 0 Å². The van der Waals surface area contributed by atoms with Gasteiger partial charge in [-0.25, -0.2) is 0 Å². The first-order valence-corrected chi connectivity index (χ1v) is 10.1. The van der Waals surface area contributed by atoms with Crippen molar-refractivity contribution in [2.75, 3.05) is 12.4 Å². The minimum Gasteiger partial charge on any atom is -0.497 e. The maximum absolute atomic E-state index is 12.8. The number of hydrogen-bond acceptors (Lipinski definition) is 3. The predicted octanol–water partition coefficient (Wildman–Crippen LogP) is 6.65. The summed E-state index contributed by atoms with van der Waals surface area (Å²) >= 11 is 6.92. The van der Waals surface area contributed by atoms with Crippen LogP contribution in [0.2, 0.25) is 0 Å². The number of carbonyl (C=O) groups is 1. The zero-order chi connectivity index (χ0) is 19.2. The molecule has 0 spiro atoms. The molecule has 0 unspecified atom stereocenters. The molecular weight excluding hydrogens is 470 g/mol. The van der Waals surface area contributed by atoms with Crippen LogP contribution in [0, 0.1) is 0 Å². The van der Waals surface area contributed by atoms with Crippen LogP contribution >= 0.6 is 31.9 Å². The molecule has 3 aromatic carbocycles. The quantitative estimate of drug-likeness (QED) is 0.378. The van der Waals surface area contributed by atoms with Crippen molar-refractivity contribution in [2.24, 2.45) is 0 Å². The number of hydrogen-bond donors (Lipinski definition) is 1. The van der Waals surface area contributed by atoms with Gasteiger partial charge in [-0.15, -0.1) is 0 Å². The lowest BCUT2D eigenvalue weighted by molar-refractivity contribution is 0.0976. The molecule has 1 atom stereocenters. The Kier molecular flexibility index (Phi) is 6.69. The molecule has 0 fully saturated rings. The Morgan fingerprint density at radius 1 is 0.889 bits per heavy atom. The topological polar surface area (TPSA) is 38.3 Å². The summed E-state index contributed by atoms with van der Waals surface area (Å²) in [5, 5.41) is 3.48. The molecular formula is C22H19Br2NO2. The highest BCUT2D eigenvalue weighted by Gasteiger charge is 2.17. The van der Waals surface area contributed by atoms with E-state index < -0.39 is 0 Å². The summed E-state index contributed by atoms with van der Waals surface area (Å²) in [6.07, 6.45) is 0.351. The van der Waals surface area contributed by atoms with Gasteiger partial charge in [0, 0.05) is 26.6 Å². The molecule has 5 heteroatoms. The van der Waals surface area contributed by atoms with E-state index in [1.807, 2.05) is 60.7 Å². The molecule has 138 valence electrons. The summed E-state index contributed by atoms with van der Waals surface area (Å²) in [5.41, 5.74) is 2.70. The van der Waals surface area contributed by atoms with Crippen LogP contribution in [-0.4, -0.2) is 12.9 Å². The maximum Gasteiger partial charge on any atom is 0.165 e. The van der Waals surface area contributed by atoms with Crippen molar-refractivity contribution in [3.63, 3.8) is 0 Å². The van der Waals surface area contributed by atoms with E-state index in [-0.39, 0.29) is 11.8 Å². The molecule has 27 heavy (non-hydrogen) atoms. The second kappa shape index (κ2) is 9.20. The van der Waals surface area contributed by atoms with Gasteiger partial charge in [0.1, 0.15) is 5.75 Å². The number of ketones is 1. The van der Waals surface area contributed by atoms with E-state index in [2.05, 4.69) is 37.2 Å². The molecule has 1 N–H and O–H groups in total. The summed E-state index contributed by atoms with van der Waals surface area (Å²) in [6.45, 7) is 0. The van der Waals surface area contributed by atoms with Crippen molar-refractivity contribution in [3.05, 3.63) is 92.9 Å². The standard InChI is InChI=1S/C22H19Br2NO2/c1-27-20-12-4-16(5-13-20)22(26)14-21(15-2-6-17(23)7-3-15)25-19-10-8-18(24)9-11-19/h2-13,21,25H,14H2,1H3/t21-/m1/s1. The highest BCUT2D eigenvalue weighted by atomic mass is 79.9. The molecule has 0 saturated carbocycles. The number of rotatable bonds is 7. The number of benzene rings is 3. The minimum atomic E-state index is -0.131. The molecule has 0 aliphatic heterocycles. The molecule has 0 saturated heterocycles. The van der Waals surface area contributed by atoms with Crippen molar-refractivity contribution in [2.45, 2.75) is 12.5 Å². The monoisotopic (exact) mass is 487 g/mol. The van der Waals surface area contributed by atoms with Gasteiger partial charge in [0.2, 0.25) is 0 Å². The summed E-state index contributed by atoms with van der Waals surface area (Å²) in [7, 11) is 1.61. The number of ether oxygens (including phenoxy) is 1. The number of carbonyl (C=O) groups excluding carboxylic acids is 1. The van der Waals surface area contributed by atoms with Gasteiger partial charge in [-0.3, -0.25) is 4.79 Å².